The average molecular weight is 245 g/mol. The van der Waals surface area contributed by atoms with Gasteiger partial charge in [-0.1, -0.05) is 0 Å². The molecule has 0 spiro atoms. The van der Waals surface area contributed by atoms with Crippen molar-refractivity contribution in [1.82, 2.24) is 20.2 Å². The molecule has 3 N–H and O–H groups in total. The molecule has 0 aliphatic carbocycles. The van der Waals surface area contributed by atoms with E-state index in [4.69, 9.17) is 10.8 Å². The molecule has 0 aliphatic heterocycles. The average Bonchev–Trinajstić information content (AvgIpc) is 2.60. The van der Waals surface area contributed by atoms with Crippen LogP contribution in [0, 0.1) is 0 Å². The van der Waals surface area contributed by atoms with Crippen LogP contribution >= 0.6 is 11.8 Å². The van der Waals surface area contributed by atoms with Crippen molar-refractivity contribution >= 4 is 17.7 Å². The highest BCUT2D eigenvalue weighted by Crippen LogP contribution is 2.29. The summed E-state index contributed by atoms with van der Waals surface area (Å²) >= 11 is 1.40. The van der Waals surface area contributed by atoms with E-state index in [1.54, 1.807) is 20.9 Å². The molecule has 7 nitrogen and oxygen atoms in total. The zero-order valence-corrected chi connectivity index (χ0v) is 10.2. The van der Waals surface area contributed by atoms with Gasteiger partial charge in [0, 0.05) is 4.75 Å². The number of nitrogens with two attached hydrogens (primary N) is 1. The van der Waals surface area contributed by atoms with Crippen LogP contribution in [0.4, 0.5) is 0 Å². The van der Waals surface area contributed by atoms with Gasteiger partial charge in [0.1, 0.15) is 6.04 Å². The lowest BCUT2D eigenvalue weighted by Crippen LogP contribution is -2.46. The topological polar surface area (TPSA) is 107 Å². The molecule has 0 amide bonds. The fraction of sp³-hybridized carbons (Fsp3) is 0.750. The first kappa shape index (κ1) is 12.9. The summed E-state index contributed by atoms with van der Waals surface area (Å²) in [5.41, 5.74) is 5.58. The first-order valence-electron chi connectivity index (χ1n) is 4.68. The second kappa shape index (κ2) is 4.79. The molecular formula is C8H15N5O2S. The third-order valence-corrected chi connectivity index (χ3v) is 3.54. The quantitative estimate of drug-likeness (QED) is 0.729. The first-order chi connectivity index (χ1) is 7.33. The van der Waals surface area contributed by atoms with Gasteiger partial charge in [0.2, 0.25) is 0 Å². The molecule has 0 fully saturated rings. The van der Waals surface area contributed by atoms with E-state index in [0.717, 1.165) is 0 Å². The van der Waals surface area contributed by atoms with Crippen LogP contribution in [0.1, 0.15) is 19.7 Å². The van der Waals surface area contributed by atoms with Crippen molar-refractivity contribution in [3.8, 4) is 0 Å². The minimum absolute atomic E-state index is 0.488. The number of aryl methyl sites for hydroxylation is 1. The van der Waals surface area contributed by atoms with Gasteiger partial charge in [0.25, 0.3) is 0 Å². The van der Waals surface area contributed by atoms with Crippen LogP contribution < -0.4 is 5.73 Å². The van der Waals surface area contributed by atoms with Gasteiger partial charge in [-0.15, -0.1) is 22.0 Å². The second-order valence-electron chi connectivity index (χ2n) is 3.90. The summed E-state index contributed by atoms with van der Waals surface area (Å²) < 4.78 is -0.578. The van der Waals surface area contributed by atoms with Crippen LogP contribution in [-0.4, -0.2) is 42.1 Å². The molecule has 0 saturated carbocycles. The Morgan fingerprint density at radius 2 is 2.31 bits per heavy atom. The second-order valence-corrected chi connectivity index (χ2v) is 5.53. The van der Waals surface area contributed by atoms with Crippen LogP contribution in [-0.2, 0) is 17.6 Å². The van der Waals surface area contributed by atoms with Crippen molar-refractivity contribution in [1.29, 1.82) is 0 Å². The smallest absolute Gasteiger partial charge is 0.321 e. The zero-order valence-electron chi connectivity index (χ0n) is 9.41. The van der Waals surface area contributed by atoms with Crippen LogP contribution in [0.25, 0.3) is 0 Å². The van der Waals surface area contributed by atoms with Gasteiger partial charge < -0.3 is 10.8 Å². The first-order valence-corrected chi connectivity index (χ1v) is 5.66. The Labute approximate surface area is 97.4 Å². The van der Waals surface area contributed by atoms with E-state index in [1.807, 2.05) is 0 Å². The molecule has 1 aromatic rings. The Bertz CT molecular complexity index is 378. The van der Waals surface area contributed by atoms with Crippen molar-refractivity contribution < 1.29 is 9.90 Å². The van der Waals surface area contributed by atoms with Crippen molar-refractivity contribution in [2.45, 2.75) is 30.4 Å². The van der Waals surface area contributed by atoms with Crippen LogP contribution in [0.5, 0.6) is 0 Å². The molecule has 0 saturated heterocycles. The maximum atomic E-state index is 10.8. The Morgan fingerprint density at radius 1 is 1.69 bits per heavy atom. The highest BCUT2D eigenvalue weighted by molar-refractivity contribution is 7.99. The highest BCUT2D eigenvalue weighted by atomic mass is 32.2. The van der Waals surface area contributed by atoms with E-state index >= 15 is 0 Å². The van der Waals surface area contributed by atoms with Gasteiger partial charge in [-0.3, -0.25) is 4.79 Å². The predicted molar refractivity (Wildman–Crippen MR) is 59.8 cm³/mol. The van der Waals surface area contributed by atoms with Crippen LogP contribution in [0.15, 0.2) is 0 Å². The Kier molecular flexibility index (Phi) is 3.87. The molecule has 0 unspecified atom stereocenters. The Hall–Kier alpha value is -1.15. The van der Waals surface area contributed by atoms with E-state index < -0.39 is 16.8 Å². The van der Waals surface area contributed by atoms with Crippen molar-refractivity contribution in [3.05, 3.63) is 5.82 Å². The molecule has 90 valence electrons. The van der Waals surface area contributed by atoms with Crippen molar-refractivity contribution in [2.24, 2.45) is 12.8 Å². The third-order valence-electron chi connectivity index (χ3n) is 2.14. The fourth-order valence-corrected chi connectivity index (χ4v) is 1.92. The van der Waals surface area contributed by atoms with Crippen LogP contribution in [0.3, 0.4) is 0 Å². The van der Waals surface area contributed by atoms with E-state index in [1.165, 1.54) is 16.6 Å². The lowest BCUT2D eigenvalue weighted by atomic mass is 10.1. The maximum absolute atomic E-state index is 10.8. The summed E-state index contributed by atoms with van der Waals surface area (Å²) in [7, 11) is 1.68. The van der Waals surface area contributed by atoms with Gasteiger partial charge in [0.15, 0.2) is 5.82 Å². The standard InChI is InChI=1S/C8H15N5O2S/c1-8(2,6(9)7(14)15)16-4-5-10-12-13(3)11-5/h6H,4,9H2,1-3H3,(H,14,15)/t6-/m0/s1. The lowest BCUT2D eigenvalue weighted by molar-refractivity contribution is -0.139. The van der Waals surface area contributed by atoms with Gasteiger partial charge in [0.05, 0.1) is 12.8 Å². The molecule has 0 bridgehead atoms. The Morgan fingerprint density at radius 3 is 2.75 bits per heavy atom. The fourth-order valence-electron chi connectivity index (χ4n) is 1.02. The normalized spacial score (nSPS) is 13.8. The number of carboxylic acid groups (broad SMARTS) is 1. The Balaban J connectivity index is 2.57. The molecular weight excluding hydrogens is 230 g/mol. The molecule has 1 aromatic heterocycles. The maximum Gasteiger partial charge on any atom is 0.321 e. The molecule has 1 rings (SSSR count). The largest absolute Gasteiger partial charge is 0.480 e. The summed E-state index contributed by atoms with van der Waals surface area (Å²) in [5.74, 6) is 0.0460. The van der Waals surface area contributed by atoms with Crippen molar-refractivity contribution in [3.63, 3.8) is 0 Å². The highest BCUT2D eigenvalue weighted by Gasteiger charge is 2.32. The predicted octanol–water partition coefficient (Wildman–Crippen LogP) is -0.366. The number of hydrogen-bond acceptors (Lipinski definition) is 6. The molecule has 1 atom stereocenters. The van der Waals surface area contributed by atoms with Gasteiger partial charge in [-0.05, 0) is 19.1 Å². The third kappa shape index (κ3) is 3.17. The molecule has 0 radical (unpaired) electrons. The minimum Gasteiger partial charge on any atom is -0.480 e. The number of carboxylic acids is 1. The summed E-state index contributed by atoms with van der Waals surface area (Å²) in [4.78, 5) is 12.1. The van der Waals surface area contributed by atoms with E-state index in [0.29, 0.717) is 11.6 Å². The molecule has 0 aliphatic rings. The number of aliphatic carboxylic acids is 1. The van der Waals surface area contributed by atoms with Crippen molar-refractivity contribution in [2.75, 3.05) is 0 Å². The number of rotatable bonds is 5. The van der Waals surface area contributed by atoms with E-state index in [2.05, 4.69) is 15.4 Å². The van der Waals surface area contributed by atoms with Crippen LogP contribution in [0.2, 0.25) is 0 Å². The van der Waals surface area contributed by atoms with Gasteiger partial charge >= 0.3 is 5.97 Å². The van der Waals surface area contributed by atoms with Gasteiger partial charge in [-0.2, -0.15) is 4.80 Å². The molecule has 0 aromatic carbocycles. The minimum atomic E-state index is -1.01. The number of carbonyl (C=O) groups is 1. The molecule has 8 heteroatoms. The SMILES string of the molecule is Cn1nnc(CSC(C)(C)[C@@H](N)C(=O)O)n1. The van der Waals surface area contributed by atoms with Gasteiger partial charge in [-0.25, -0.2) is 0 Å². The summed E-state index contributed by atoms with van der Waals surface area (Å²) in [5, 5.41) is 20.3. The number of hydrogen-bond donors (Lipinski definition) is 2. The van der Waals surface area contributed by atoms with E-state index in [9.17, 15) is 4.79 Å². The number of aromatic nitrogens is 4. The number of tetrazole rings is 1. The summed E-state index contributed by atoms with van der Waals surface area (Å²) in [6.07, 6.45) is 0. The van der Waals surface area contributed by atoms with E-state index in [-0.39, 0.29) is 0 Å². The summed E-state index contributed by atoms with van der Waals surface area (Å²) in [6.45, 7) is 3.57. The summed E-state index contributed by atoms with van der Waals surface area (Å²) in [6, 6.07) is -0.922. The molecule has 1 heterocycles. The monoisotopic (exact) mass is 245 g/mol. The number of thioether (sulfide) groups is 1. The lowest BCUT2D eigenvalue weighted by Gasteiger charge is -2.27. The number of nitrogens with zero attached hydrogens (tertiary/aromatic N) is 4. The molecule has 16 heavy (non-hydrogen) atoms. The zero-order chi connectivity index (χ0) is 12.3.